The zero-order valence-electron chi connectivity index (χ0n) is 10.2. The molecule has 0 bridgehead atoms. The summed E-state index contributed by atoms with van der Waals surface area (Å²) in [7, 11) is 0. The van der Waals surface area contributed by atoms with Gasteiger partial charge in [-0.2, -0.15) is 0 Å². The van der Waals surface area contributed by atoms with E-state index in [1.807, 2.05) is 4.90 Å². The molecule has 18 heavy (non-hydrogen) atoms. The van der Waals surface area contributed by atoms with Crippen molar-refractivity contribution in [2.75, 3.05) is 6.54 Å². The number of rotatable bonds is 3. The molecule has 1 saturated carbocycles. The molecule has 3 rings (SSSR count). The van der Waals surface area contributed by atoms with E-state index in [1.165, 1.54) is 12.8 Å². The molecule has 0 amide bonds. The van der Waals surface area contributed by atoms with Crippen molar-refractivity contribution < 1.29 is 9.90 Å². The number of hydrogen-bond acceptors (Lipinski definition) is 4. The van der Waals surface area contributed by atoms with Crippen LogP contribution in [0.1, 0.15) is 25.1 Å². The minimum atomic E-state index is -0.694. The molecule has 1 N–H and O–H groups in total. The zero-order valence-corrected chi connectivity index (χ0v) is 10.2. The molecule has 2 aliphatic rings. The normalized spacial score (nSPS) is 31.4. The van der Waals surface area contributed by atoms with Crippen LogP contribution < -0.4 is 0 Å². The molecule has 5 nitrogen and oxygen atoms in total. The fourth-order valence-corrected chi connectivity index (χ4v) is 3.49. The summed E-state index contributed by atoms with van der Waals surface area (Å²) in [5.74, 6) is 0.894. The minimum Gasteiger partial charge on any atom is -0.480 e. The molecule has 1 aromatic rings. The SMILES string of the molecule is O=C(O)C1C2CCCC2CN1Cc1ncccn1. The number of nitrogens with zero attached hydrogens (tertiary/aromatic N) is 3. The highest BCUT2D eigenvalue weighted by atomic mass is 16.4. The second kappa shape index (κ2) is 4.65. The molecule has 0 radical (unpaired) electrons. The second-order valence-corrected chi connectivity index (χ2v) is 5.23. The van der Waals surface area contributed by atoms with Crippen molar-refractivity contribution in [3.63, 3.8) is 0 Å². The monoisotopic (exact) mass is 247 g/mol. The molecule has 2 fully saturated rings. The highest BCUT2D eigenvalue weighted by Crippen LogP contribution is 2.42. The van der Waals surface area contributed by atoms with Crippen molar-refractivity contribution in [2.45, 2.75) is 31.8 Å². The fourth-order valence-electron chi connectivity index (χ4n) is 3.49. The van der Waals surface area contributed by atoms with E-state index in [-0.39, 0.29) is 6.04 Å². The number of carboxylic acid groups (broad SMARTS) is 1. The van der Waals surface area contributed by atoms with Gasteiger partial charge in [0.25, 0.3) is 0 Å². The van der Waals surface area contributed by atoms with Crippen LogP contribution in [0.5, 0.6) is 0 Å². The van der Waals surface area contributed by atoms with Crippen molar-refractivity contribution in [3.05, 3.63) is 24.3 Å². The molecule has 1 aromatic heterocycles. The molecule has 1 aliphatic heterocycles. The maximum atomic E-state index is 11.5. The summed E-state index contributed by atoms with van der Waals surface area (Å²) in [5.41, 5.74) is 0. The topological polar surface area (TPSA) is 66.3 Å². The third kappa shape index (κ3) is 1.99. The van der Waals surface area contributed by atoms with Crippen LogP contribution in [0.3, 0.4) is 0 Å². The van der Waals surface area contributed by atoms with E-state index in [9.17, 15) is 9.90 Å². The smallest absolute Gasteiger partial charge is 0.321 e. The van der Waals surface area contributed by atoms with E-state index in [0.29, 0.717) is 24.2 Å². The van der Waals surface area contributed by atoms with Crippen molar-refractivity contribution >= 4 is 5.97 Å². The Kier molecular flexibility index (Phi) is 2.99. The van der Waals surface area contributed by atoms with Gasteiger partial charge in [0.2, 0.25) is 0 Å². The average Bonchev–Trinajstić information content (AvgIpc) is 2.89. The first-order chi connectivity index (χ1) is 8.75. The van der Waals surface area contributed by atoms with Gasteiger partial charge in [0.15, 0.2) is 0 Å². The van der Waals surface area contributed by atoms with Gasteiger partial charge in [0, 0.05) is 18.9 Å². The molecule has 96 valence electrons. The van der Waals surface area contributed by atoms with Gasteiger partial charge in [-0.1, -0.05) is 6.42 Å². The number of fused-ring (bicyclic) bond motifs is 1. The predicted molar refractivity (Wildman–Crippen MR) is 64.7 cm³/mol. The van der Waals surface area contributed by atoms with Gasteiger partial charge in [-0.25, -0.2) is 9.97 Å². The molecule has 1 aliphatic carbocycles. The predicted octanol–water partition coefficient (Wildman–Crippen LogP) is 1.16. The second-order valence-electron chi connectivity index (χ2n) is 5.23. The Morgan fingerprint density at radius 1 is 1.39 bits per heavy atom. The van der Waals surface area contributed by atoms with Gasteiger partial charge < -0.3 is 5.11 Å². The zero-order chi connectivity index (χ0) is 12.5. The maximum Gasteiger partial charge on any atom is 0.321 e. The number of carbonyl (C=O) groups is 1. The third-order valence-electron chi connectivity index (χ3n) is 4.20. The number of hydrogen-bond donors (Lipinski definition) is 1. The van der Waals surface area contributed by atoms with E-state index in [2.05, 4.69) is 9.97 Å². The van der Waals surface area contributed by atoms with Crippen molar-refractivity contribution in [1.82, 2.24) is 14.9 Å². The molecule has 5 heteroatoms. The summed E-state index contributed by atoms with van der Waals surface area (Å²) in [6.07, 6.45) is 6.80. The van der Waals surface area contributed by atoms with E-state index in [4.69, 9.17) is 0 Å². The van der Waals surface area contributed by atoms with Crippen LogP contribution in [0, 0.1) is 11.8 Å². The van der Waals surface area contributed by atoms with E-state index in [0.717, 1.165) is 13.0 Å². The summed E-state index contributed by atoms with van der Waals surface area (Å²) < 4.78 is 0. The molecular formula is C13H17N3O2. The summed E-state index contributed by atoms with van der Waals surface area (Å²) in [6.45, 7) is 1.42. The Labute approximate surface area is 106 Å². The van der Waals surface area contributed by atoms with Gasteiger partial charge in [-0.05, 0) is 30.7 Å². The number of likely N-dealkylation sites (tertiary alicyclic amines) is 1. The highest BCUT2D eigenvalue weighted by molar-refractivity contribution is 5.74. The molecule has 1 saturated heterocycles. The van der Waals surface area contributed by atoms with Crippen LogP contribution in [0.2, 0.25) is 0 Å². The van der Waals surface area contributed by atoms with Crippen molar-refractivity contribution in [2.24, 2.45) is 11.8 Å². The molecule has 3 atom stereocenters. The molecule has 0 aromatic carbocycles. The largest absolute Gasteiger partial charge is 0.480 e. The van der Waals surface area contributed by atoms with Gasteiger partial charge in [0.05, 0.1) is 6.54 Å². The van der Waals surface area contributed by atoms with Crippen LogP contribution in [0.4, 0.5) is 0 Å². The first-order valence-electron chi connectivity index (χ1n) is 6.48. The fraction of sp³-hybridized carbons (Fsp3) is 0.615. The minimum absolute atomic E-state index is 0.325. The van der Waals surface area contributed by atoms with Gasteiger partial charge in [-0.3, -0.25) is 9.69 Å². The Bertz CT molecular complexity index is 437. The summed E-state index contributed by atoms with van der Waals surface area (Å²) in [5, 5.41) is 9.43. The van der Waals surface area contributed by atoms with E-state index in [1.54, 1.807) is 18.5 Å². The van der Waals surface area contributed by atoms with Crippen LogP contribution in [-0.4, -0.2) is 38.5 Å². The lowest BCUT2D eigenvalue weighted by molar-refractivity contribution is -0.143. The van der Waals surface area contributed by atoms with E-state index < -0.39 is 5.97 Å². The Balaban J connectivity index is 1.77. The lowest BCUT2D eigenvalue weighted by Crippen LogP contribution is -2.39. The van der Waals surface area contributed by atoms with E-state index >= 15 is 0 Å². The van der Waals surface area contributed by atoms with Crippen LogP contribution in [0.25, 0.3) is 0 Å². The lowest BCUT2D eigenvalue weighted by atomic mass is 9.94. The number of aromatic nitrogens is 2. The maximum absolute atomic E-state index is 11.5. The highest BCUT2D eigenvalue weighted by Gasteiger charge is 2.47. The third-order valence-corrected chi connectivity index (χ3v) is 4.20. The van der Waals surface area contributed by atoms with Crippen molar-refractivity contribution in [1.29, 1.82) is 0 Å². The van der Waals surface area contributed by atoms with Gasteiger partial charge in [0.1, 0.15) is 11.9 Å². The van der Waals surface area contributed by atoms with Crippen LogP contribution in [-0.2, 0) is 11.3 Å². The molecular weight excluding hydrogens is 230 g/mol. The Morgan fingerprint density at radius 2 is 2.17 bits per heavy atom. The lowest BCUT2D eigenvalue weighted by Gasteiger charge is -2.23. The first kappa shape index (κ1) is 11.6. The van der Waals surface area contributed by atoms with Gasteiger partial charge >= 0.3 is 5.97 Å². The molecule has 2 heterocycles. The first-order valence-corrected chi connectivity index (χ1v) is 6.48. The van der Waals surface area contributed by atoms with Crippen molar-refractivity contribution in [3.8, 4) is 0 Å². The standard InChI is InChI=1S/C13H17N3O2/c17-13(18)12-10-4-1-3-9(10)7-16(12)8-11-14-5-2-6-15-11/h2,5-6,9-10,12H,1,3-4,7-8H2,(H,17,18). The Morgan fingerprint density at radius 3 is 2.89 bits per heavy atom. The van der Waals surface area contributed by atoms with Crippen LogP contribution in [0.15, 0.2) is 18.5 Å². The van der Waals surface area contributed by atoms with Gasteiger partial charge in [-0.15, -0.1) is 0 Å². The van der Waals surface area contributed by atoms with Crippen LogP contribution >= 0.6 is 0 Å². The average molecular weight is 247 g/mol. The number of carboxylic acids is 1. The molecule has 0 spiro atoms. The number of aliphatic carboxylic acids is 1. The Hall–Kier alpha value is -1.49. The summed E-state index contributed by atoms with van der Waals surface area (Å²) in [6, 6.07) is 1.43. The quantitative estimate of drug-likeness (QED) is 0.868. The summed E-state index contributed by atoms with van der Waals surface area (Å²) >= 11 is 0. The molecule has 3 unspecified atom stereocenters. The summed E-state index contributed by atoms with van der Waals surface area (Å²) in [4.78, 5) is 21.9.